The minimum absolute atomic E-state index is 0.308. The minimum atomic E-state index is -0.471. The molecular formula is C15H24O. The SMILES string of the molecule is C=C(C)C1CCC(C)C2(O)CCC(C)=CC12. The fourth-order valence-electron chi connectivity index (χ4n) is 3.55. The molecule has 1 N–H and O–H groups in total. The van der Waals surface area contributed by atoms with Gasteiger partial charge in [-0.25, -0.2) is 0 Å². The summed E-state index contributed by atoms with van der Waals surface area (Å²) >= 11 is 0. The Bertz CT molecular complexity index is 328. The number of allylic oxidation sites excluding steroid dienone is 2. The Morgan fingerprint density at radius 3 is 2.81 bits per heavy atom. The molecule has 0 amide bonds. The Morgan fingerprint density at radius 1 is 1.50 bits per heavy atom. The molecule has 4 unspecified atom stereocenters. The van der Waals surface area contributed by atoms with Gasteiger partial charge in [-0.1, -0.05) is 30.7 Å². The maximum absolute atomic E-state index is 10.9. The molecule has 0 heterocycles. The molecule has 0 saturated heterocycles. The van der Waals surface area contributed by atoms with E-state index in [0.717, 1.165) is 19.3 Å². The molecule has 0 bridgehead atoms. The average molecular weight is 220 g/mol. The quantitative estimate of drug-likeness (QED) is 0.668. The van der Waals surface area contributed by atoms with E-state index in [1.54, 1.807) is 0 Å². The molecule has 4 atom stereocenters. The lowest BCUT2D eigenvalue weighted by molar-refractivity contribution is -0.0978. The first-order valence-electron chi connectivity index (χ1n) is 6.50. The molecule has 2 aliphatic rings. The van der Waals surface area contributed by atoms with Gasteiger partial charge in [-0.3, -0.25) is 0 Å². The predicted octanol–water partition coefficient (Wildman–Crippen LogP) is 3.70. The van der Waals surface area contributed by atoms with Gasteiger partial charge in [-0.15, -0.1) is 0 Å². The van der Waals surface area contributed by atoms with Gasteiger partial charge in [-0.2, -0.15) is 0 Å². The van der Waals surface area contributed by atoms with Crippen LogP contribution in [0, 0.1) is 17.8 Å². The summed E-state index contributed by atoms with van der Waals surface area (Å²) in [4.78, 5) is 0. The van der Waals surface area contributed by atoms with Crippen molar-refractivity contribution in [2.45, 2.75) is 52.1 Å². The van der Waals surface area contributed by atoms with Crippen molar-refractivity contribution in [3.8, 4) is 0 Å². The molecule has 1 heteroatoms. The van der Waals surface area contributed by atoms with Gasteiger partial charge in [0.25, 0.3) is 0 Å². The Hall–Kier alpha value is -0.560. The van der Waals surface area contributed by atoms with Gasteiger partial charge >= 0.3 is 0 Å². The summed E-state index contributed by atoms with van der Waals surface area (Å²) in [6.45, 7) is 10.6. The van der Waals surface area contributed by atoms with E-state index >= 15 is 0 Å². The third kappa shape index (κ3) is 1.75. The number of hydrogen-bond donors (Lipinski definition) is 1. The molecule has 1 saturated carbocycles. The second-order valence-electron chi connectivity index (χ2n) is 5.96. The topological polar surface area (TPSA) is 20.2 Å². The maximum Gasteiger partial charge on any atom is 0.0744 e. The first-order valence-corrected chi connectivity index (χ1v) is 6.50. The lowest BCUT2D eigenvalue weighted by Gasteiger charge is -2.50. The number of rotatable bonds is 1. The van der Waals surface area contributed by atoms with Gasteiger partial charge < -0.3 is 5.11 Å². The minimum Gasteiger partial charge on any atom is -0.389 e. The van der Waals surface area contributed by atoms with Crippen LogP contribution < -0.4 is 0 Å². The molecule has 0 aliphatic heterocycles. The summed E-state index contributed by atoms with van der Waals surface area (Å²) in [7, 11) is 0. The molecule has 1 nitrogen and oxygen atoms in total. The molecule has 0 spiro atoms. The normalized spacial score (nSPS) is 43.5. The lowest BCUT2D eigenvalue weighted by atomic mass is 9.58. The summed E-state index contributed by atoms with van der Waals surface area (Å²) in [5.74, 6) is 1.22. The second kappa shape index (κ2) is 4.03. The molecule has 0 aromatic carbocycles. The predicted molar refractivity (Wildman–Crippen MR) is 68.1 cm³/mol. The van der Waals surface area contributed by atoms with Crippen molar-refractivity contribution in [2.24, 2.45) is 17.8 Å². The number of hydrogen-bond acceptors (Lipinski definition) is 1. The van der Waals surface area contributed by atoms with Crippen LogP contribution in [-0.4, -0.2) is 10.7 Å². The fraction of sp³-hybridized carbons (Fsp3) is 0.733. The van der Waals surface area contributed by atoms with Gasteiger partial charge in [0.1, 0.15) is 0 Å². The molecule has 2 aliphatic carbocycles. The van der Waals surface area contributed by atoms with Crippen LogP contribution >= 0.6 is 0 Å². The highest BCUT2D eigenvalue weighted by Gasteiger charge is 2.48. The summed E-state index contributed by atoms with van der Waals surface area (Å²) in [5.41, 5.74) is 2.21. The van der Waals surface area contributed by atoms with E-state index in [0.29, 0.717) is 17.8 Å². The third-order valence-electron chi connectivity index (χ3n) is 4.79. The van der Waals surface area contributed by atoms with Crippen molar-refractivity contribution in [2.75, 3.05) is 0 Å². The zero-order valence-electron chi connectivity index (χ0n) is 10.8. The van der Waals surface area contributed by atoms with Crippen LogP contribution in [0.3, 0.4) is 0 Å². The van der Waals surface area contributed by atoms with Crippen LogP contribution in [0.1, 0.15) is 46.5 Å². The monoisotopic (exact) mass is 220 g/mol. The highest BCUT2D eigenvalue weighted by atomic mass is 16.3. The molecule has 90 valence electrons. The lowest BCUT2D eigenvalue weighted by Crippen LogP contribution is -2.51. The number of fused-ring (bicyclic) bond motifs is 1. The second-order valence-corrected chi connectivity index (χ2v) is 5.96. The van der Waals surface area contributed by atoms with Crippen LogP contribution in [-0.2, 0) is 0 Å². The Kier molecular flexibility index (Phi) is 3.00. The Morgan fingerprint density at radius 2 is 2.19 bits per heavy atom. The molecular weight excluding hydrogens is 196 g/mol. The molecule has 1 fully saturated rings. The zero-order chi connectivity index (χ0) is 11.9. The van der Waals surface area contributed by atoms with Crippen molar-refractivity contribution < 1.29 is 5.11 Å². The van der Waals surface area contributed by atoms with E-state index in [-0.39, 0.29) is 0 Å². The number of aliphatic hydroxyl groups is 1. The van der Waals surface area contributed by atoms with E-state index in [4.69, 9.17) is 0 Å². The van der Waals surface area contributed by atoms with E-state index in [1.165, 1.54) is 17.6 Å². The van der Waals surface area contributed by atoms with E-state index in [1.807, 2.05) is 0 Å². The zero-order valence-corrected chi connectivity index (χ0v) is 10.8. The van der Waals surface area contributed by atoms with Crippen molar-refractivity contribution in [3.63, 3.8) is 0 Å². The summed E-state index contributed by atoms with van der Waals surface area (Å²) in [6, 6.07) is 0. The summed E-state index contributed by atoms with van der Waals surface area (Å²) in [5, 5.41) is 10.9. The van der Waals surface area contributed by atoms with Gasteiger partial charge in [0.05, 0.1) is 5.60 Å². The highest BCUT2D eigenvalue weighted by molar-refractivity contribution is 5.20. The Labute approximate surface area is 99.3 Å². The fourth-order valence-corrected chi connectivity index (χ4v) is 3.55. The Balaban J connectivity index is 2.36. The summed E-state index contributed by atoms with van der Waals surface area (Å²) in [6.07, 6.45) is 6.63. The van der Waals surface area contributed by atoms with Gasteiger partial charge in [0.2, 0.25) is 0 Å². The van der Waals surface area contributed by atoms with Crippen LogP contribution in [0.2, 0.25) is 0 Å². The van der Waals surface area contributed by atoms with Gasteiger partial charge in [0, 0.05) is 5.92 Å². The first kappa shape index (κ1) is 11.9. The van der Waals surface area contributed by atoms with Crippen molar-refractivity contribution >= 4 is 0 Å². The summed E-state index contributed by atoms with van der Waals surface area (Å²) < 4.78 is 0. The van der Waals surface area contributed by atoms with Crippen molar-refractivity contribution in [3.05, 3.63) is 23.8 Å². The standard InChI is InChI=1S/C15H24O/c1-10(2)13-6-5-12(4)15(16)8-7-11(3)9-14(13)15/h9,12-14,16H,1,5-8H2,2-4H3. The largest absolute Gasteiger partial charge is 0.389 e. The average Bonchev–Trinajstić information content (AvgIpc) is 2.21. The molecule has 0 aromatic rings. The molecule has 2 rings (SSSR count). The maximum atomic E-state index is 10.9. The van der Waals surface area contributed by atoms with E-state index < -0.39 is 5.60 Å². The van der Waals surface area contributed by atoms with Gasteiger partial charge in [-0.05, 0) is 51.4 Å². The van der Waals surface area contributed by atoms with Crippen molar-refractivity contribution in [1.29, 1.82) is 0 Å². The van der Waals surface area contributed by atoms with Crippen LogP contribution in [0.25, 0.3) is 0 Å². The molecule has 0 aromatic heterocycles. The van der Waals surface area contributed by atoms with Crippen LogP contribution in [0.4, 0.5) is 0 Å². The van der Waals surface area contributed by atoms with Crippen LogP contribution in [0.15, 0.2) is 23.8 Å². The van der Waals surface area contributed by atoms with Crippen LogP contribution in [0.5, 0.6) is 0 Å². The van der Waals surface area contributed by atoms with E-state index in [2.05, 4.69) is 33.4 Å². The molecule has 0 radical (unpaired) electrons. The van der Waals surface area contributed by atoms with Crippen molar-refractivity contribution in [1.82, 2.24) is 0 Å². The first-order chi connectivity index (χ1) is 7.45. The third-order valence-corrected chi connectivity index (χ3v) is 4.79. The highest BCUT2D eigenvalue weighted by Crippen LogP contribution is 2.50. The van der Waals surface area contributed by atoms with Gasteiger partial charge in [0.15, 0.2) is 0 Å². The molecule has 16 heavy (non-hydrogen) atoms. The smallest absolute Gasteiger partial charge is 0.0744 e. The van der Waals surface area contributed by atoms with E-state index in [9.17, 15) is 5.11 Å².